The number of rotatable bonds is 3. The van der Waals surface area contributed by atoms with Crippen LogP contribution in [0.5, 0.6) is 0 Å². The van der Waals surface area contributed by atoms with E-state index in [4.69, 9.17) is 17.3 Å². The van der Waals surface area contributed by atoms with Crippen LogP contribution in [0.15, 0.2) is 54.6 Å². The molecule has 138 valence electrons. The number of carboxylic acids is 1. The Hall–Kier alpha value is -3.64. The highest BCUT2D eigenvalue weighted by Gasteiger charge is 2.33. The van der Waals surface area contributed by atoms with E-state index >= 15 is 0 Å². The molecule has 3 aromatic rings. The summed E-state index contributed by atoms with van der Waals surface area (Å²) in [6.07, 6.45) is 0. The molecule has 0 aliphatic heterocycles. The summed E-state index contributed by atoms with van der Waals surface area (Å²) in [5.74, 6) is -1.87. The SMILES string of the molecule is Nc1ccc(Nc2cc(Cl)ccc2C(=O)O)c2c1C(=O)c1ccccc1C2=O. The lowest BCUT2D eigenvalue weighted by atomic mass is 9.82. The van der Waals surface area contributed by atoms with E-state index in [1.165, 1.54) is 24.3 Å². The van der Waals surface area contributed by atoms with Gasteiger partial charge in [0.25, 0.3) is 0 Å². The van der Waals surface area contributed by atoms with Crippen LogP contribution in [0.1, 0.15) is 42.2 Å². The van der Waals surface area contributed by atoms with E-state index < -0.39 is 5.97 Å². The van der Waals surface area contributed by atoms with Crippen LogP contribution in [0, 0.1) is 0 Å². The molecule has 4 N–H and O–H groups in total. The third-order valence-corrected chi connectivity index (χ3v) is 4.82. The average molecular weight is 393 g/mol. The van der Waals surface area contributed by atoms with Gasteiger partial charge in [-0.15, -0.1) is 0 Å². The summed E-state index contributed by atoms with van der Waals surface area (Å²) in [5.41, 5.74) is 7.42. The summed E-state index contributed by atoms with van der Waals surface area (Å²) in [5, 5.41) is 12.7. The summed E-state index contributed by atoms with van der Waals surface area (Å²) in [6, 6.07) is 13.8. The van der Waals surface area contributed by atoms with Gasteiger partial charge < -0.3 is 16.2 Å². The molecule has 0 amide bonds. The van der Waals surface area contributed by atoms with Crippen LogP contribution in [0.4, 0.5) is 17.1 Å². The van der Waals surface area contributed by atoms with Gasteiger partial charge in [-0.3, -0.25) is 9.59 Å². The van der Waals surface area contributed by atoms with Crippen LogP contribution in [0.2, 0.25) is 5.02 Å². The van der Waals surface area contributed by atoms with Crippen molar-refractivity contribution in [1.29, 1.82) is 0 Å². The van der Waals surface area contributed by atoms with Crippen molar-refractivity contribution in [3.8, 4) is 0 Å². The predicted octanol–water partition coefficient (Wildman–Crippen LogP) is 4.14. The van der Waals surface area contributed by atoms with Crippen LogP contribution in [-0.2, 0) is 0 Å². The molecule has 0 saturated heterocycles. The number of nitrogen functional groups attached to an aromatic ring is 1. The van der Waals surface area contributed by atoms with E-state index in [9.17, 15) is 19.5 Å². The van der Waals surface area contributed by atoms with Crippen molar-refractivity contribution in [2.45, 2.75) is 0 Å². The fourth-order valence-corrected chi connectivity index (χ4v) is 3.48. The number of carboxylic acid groups (broad SMARTS) is 1. The number of nitrogens with one attached hydrogen (secondary N) is 1. The molecule has 0 saturated carbocycles. The molecular formula is C21H13ClN2O4. The molecule has 1 aliphatic carbocycles. The summed E-state index contributed by atoms with van der Waals surface area (Å²) < 4.78 is 0. The topological polar surface area (TPSA) is 109 Å². The summed E-state index contributed by atoms with van der Waals surface area (Å²) in [7, 11) is 0. The van der Waals surface area contributed by atoms with E-state index in [0.29, 0.717) is 5.02 Å². The molecule has 4 rings (SSSR count). The van der Waals surface area contributed by atoms with Gasteiger partial charge in [-0.2, -0.15) is 0 Å². The number of hydrogen-bond acceptors (Lipinski definition) is 5. The fraction of sp³-hybridized carbons (Fsp3) is 0. The number of hydrogen-bond donors (Lipinski definition) is 3. The van der Waals surface area contributed by atoms with Crippen LogP contribution in [0.3, 0.4) is 0 Å². The van der Waals surface area contributed by atoms with Crippen molar-refractivity contribution in [3.63, 3.8) is 0 Å². The minimum atomic E-state index is -1.16. The number of ketones is 2. The molecule has 3 aromatic carbocycles. The van der Waals surface area contributed by atoms with E-state index in [0.717, 1.165) is 0 Å². The quantitative estimate of drug-likeness (QED) is 0.452. The first-order valence-corrected chi connectivity index (χ1v) is 8.67. The molecule has 6 nitrogen and oxygen atoms in total. The summed E-state index contributed by atoms with van der Waals surface area (Å²) >= 11 is 6.00. The zero-order valence-corrected chi connectivity index (χ0v) is 15.1. The predicted molar refractivity (Wildman–Crippen MR) is 106 cm³/mol. The Kier molecular flexibility index (Phi) is 4.13. The molecule has 0 atom stereocenters. The van der Waals surface area contributed by atoms with Gasteiger partial charge in [0.1, 0.15) is 0 Å². The Bertz CT molecular complexity index is 1190. The number of carbonyl (C=O) groups is 3. The van der Waals surface area contributed by atoms with Crippen LogP contribution in [0.25, 0.3) is 0 Å². The van der Waals surface area contributed by atoms with Crippen LogP contribution < -0.4 is 11.1 Å². The van der Waals surface area contributed by atoms with Crippen molar-refractivity contribution in [3.05, 3.63) is 87.4 Å². The number of benzene rings is 3. The Morgan fingerprint density at radius 1 is 0.893 bits per heavy atom. The maximum absolute atomic E-state index is 13.1. The highest BCUT2D eigenvalue weighted by atomic mass is 35.5. The van der Waals surface area contributed by atoms with Crippen molar-refractivity contribution in [1.82, 2.24) is 0 Å². The second-order valence-electron chi connectivity index (χ2n) is 6.28. The number of nitrogens with two attached hydrogens (primary N) is 1. The average Bonchev–Trinajstić information content (AvgIpc) is 2.67. The molecule has 0 bridgehead atoms. The van der Waals surface area contributed by atoms with Crippen LogP contribution in [-0.4, -0.2) is 22.6 Å². The smallest absolute Gasteiger partial charge is 0.337 e. The second kappa shape index (κ2) is 6.51. The number of halogens is 1. The molecule has 7 heteroatoms. The Morgan fingerprint density at radius 2 is 1.54 bits per heavy atom. The van der Waals surface area contributed by atoms with E-state index in [2.05, 4.69) is 5.32 Å². The third-order valence-electron chi connectivity index (χ3n) is 4.59. The van der Waals surface area contributed by atoms with Crippen molar-refractivity contribution in [2.24, 2.45) is 0 Å². The van der Waals surface area contributed by atoms with Gasteiger partial charge in [-0.25, -0.2) is 4.79 Å². The first kappa shape index (κ1) is 17.8. The van der Waals surface area contributed by atoms with Gasteiger partial charge in [-0.05, 0) is 30.3 Å². The van der Waals surface area contributed by atoms with Crippen LogP contribution >= 0.6 is 11.6 Å². The first-order chi connectivity index (χ1) is 13.4. The highest BCUT2D eigenvalue weighted by molar-refractivity contribution is 6.32. The third kappa shape index (κ3) is 2.71. The fourth-order valence-electron chi connectivity index (χ4n) is 3.30. The Morgan fingerprint density at radius 3 is 2.18 bits per heavy atom. The van der Waals surface area contributed by atoms with Crippen molar-refractivity contribution in [2.75, 3.05) is 11.1 Å². The maximum Gasteiger partial charge on any atom is 0.337 e. The van der Waals surface area contributed by atoms with Crippen molar-refractivity contribution < 1.29 is 19.5 Å². The van der Waals surface area contributed by atoms with Gasteiger partial charge >= 0.3 is 5.97 Å². The lowest BCUT2D eigenvalue weighted by Crippen LogP contribution is -2.23. The summed E-state index contributed by atoms with van der Waals surface area (Å²) in [4.78, 5) is 37.6. The van der Waals surface area contributed by atoms with Crippen molar-refractivity contribution >= 4 is 46.2 Å². The molecule has 28 heavy (non-hydrogen) atoms. The van der Waals surface area contributed by atoms with Gasteiger partial charge in [0.15, 0.2) is 11.6 Å². The van der Waals surface area contributed by atoms with E-state index in [1.807, 2.05) is 0 Å². The highest BCUT2D eigenvalue weighted by Crippen LogP contribution is 2.37. The largest absolute Gasteiger partial charge is 0.478 e. The monoisotopic (exact) mass is 392 g/mol. The van der Waals surface area contributed by atoms with E-state index in [-0.39, 0.29) is 56.4 Å². The molecule has 0 heterocycles. The lowest BCUT2D eigenvalue weighted by molar-refractivity contribution is 0.0697. The zero-order chi connectivity index (χ0) is 20.0. The lowest BCUT2D eigenvalue weighted by Gasteiger charge is -2.22. The number of anilines is 3. The zero-order valence-electron chi connectivity index (χ0n) is 14.3. The number of fused-ring (bicyclic) bond motifs is 2. The molecular weight excluding hydrogens is 380 g/mol. The molecule has 1 aliphatic rings. The molecule has 0 unspecified atom stereocenters. The van der Waals surface area contributed by atoms with Gasteiger partial charge in [-0.1, -0.05) is 35.9 Å². The Balaban J connectivity index is 1.91. The number of carbonyl (C=O) groups excluding carboxylic acids is 2. The standard InChI is InChI=1S/C21H13ClN2O4/c22-10-5-6-13(21(27)28)16(9-10)24-15-8-7-14(23)17-18(15)20(26)12-4-2-1-3-11(12)19(17)25/h1-9,24H,23H2,(H,27,28). The van der Waals surface area contributed by atoms with Gasteiger partial charge in [0.2, 0.25) is 0 Å². The molecule has 0 radical (unpaired) electrons. The second-order valence-corrected chi connectivity index (χ2v) is 6.71. The van der Waals surface area contributed by atoms with E-state index in [1.54, 1.807) is 30.3 Å². The Labute approximate surface area is 164 Å². The normalized spacial score (nSPS) is 12.3. The minimum Gasteiger partial charge on any atom is -0.478 e. The molecule has 0 fully saturated rings. The van der Waals surface area contributed by atoms with Gasteiger partial charge in [0, 0.05) is 21.8 Å². The maximum atomic E-state index is 13.1. The van der Waals surface area contributed by atoms with Gasteiger partial charge in [0.05, 0.1) is 28.1 Å². The molecule has 0 aromatic heterocycles. The first-order valence-electron chi connectivity index (χ1n) is 8.29. The summed E-state index contributed by atoms with van der Waals surface area (Å²) in [6.45, 7) is 0. The molecule has 0 spiro atoms. The number of aromatic carboxylic acids is 1. The minimum absolute atomic E-state index is 0.0232.